The van der Waals surface area contributed by atoms with E-state index >= 15 is 0 Å². The Hall–Kier alpha value is -1.72. The van der Waals surface area contributed by atoms with Gasteiger partial charge in [-0.1, -0.05) is 17.7 Å². The molecular formula is C14H10ClF3O2. The molecule has 1 N–H and O–H groups in total. The standard InChI is InChI=1S/C14H10ClF3O2/c1-20-7-5-10(17)13(11(18)6-7)14(19)12-8(15)3-2-4-9(12)16/h2-6,14,19H,1H3. The Morgan fingerprint density at radius 3 is 2.15 bits per heavy atom. The fourth-order valence-electron chi connectivity index (χ4n) is 1.86. The van der Waals surface area contributed by atoms with Crippen LogP contribution >= 0.6 is 11.6 Å². The van der Waals surface area contributed by atoms with Crippen molar-refractivity contribution in [1.29, 1.82) is 0 Å². The van der Waals surface area contributed by atoms with Crippen molar-refractivity contribution in [2.45, 2.75) is 6.10 Å². The third-order valence-corrected chi connectivity index (χ3v) is 3.16. The van der Waals surface area contributed by atoms with E-state index in [2.05, 4.69) is 0 Å². The predicted molar refractivity (Wildman–Crippen MR) is 68.4 cm³/mol. The Morgan fingerprint density at radius 1 is 1.05 bits per heavy atom. The lowest BCUT2D eigenvalue weighted by Crippen LogP contribution is -2.09. The fraction of sp³-hybridized carbons (Fsp3) is 0.143. The molecule has 0 radical (unpaired) electrons. The lowest BCUT2D eigenvalue weighted by Gasteiger charge is -2.16. The van der Waals surface area contributed by atoms with Crippen LogP contribution in [0.1, 0.15) is 17.2 Å². The van der Waals surface area contributed by atoms with Gasteiger partial charge in [0.15, 0.2) is 0 Å². The summed E-state index contributed by atoms with van der Waals surface area (Å²) in [5.74, 6) is -2.99. The number of halogens is 4. The number of rotatable bonds is 3. The van der Waals surface area contributed by atoms with Crippen molar-refractivity contribution in [3.05, 3.63) is 63.9 Å². The highest BCUT2D eigenvalue weighted by molar-refractivity contribution is 6.31. The summed E-state index contributed by atoms with van der Waals surface area (Å²) in [7, 11) is 1.25. The van der Waals surface area contributed by atoms with Crippen LogP contribution in [0.3, 0.4) is 0 Å². The molecule has 0 spiro atoms. The van der Waals surface area contributed by atoms with Crippen LogP contribution in [-0.2, 0) is 0 Å². The molecule has 1 atom stereocenters. The van der Waals surface area contributed by atoms with Gasteiger partial charge in [0.05, 0.1) is 12.7 Å². The van der Waals surface area contributed by atoms with Crippen molar-refractivity contribution in [3.8, 4) is 5.75 Å². The topological polar surface area (TPSA) is 29.5 Å². The first-order chi connectivity index (χ1) is 9.45. The number of aliphatic hydroxyl groups excluding tert-OH is 1. The van der Waals surface area contributed by atoms with Crippen molar-refractivity contribution in [2.75, 3.05) is 7.11 Å². The number of hydrogen-bond donors (Lipinski definition) is 1. The molecule has 1 unspecified atom stereocenters. The summed E-state index contributed by atoms with van der Waals surface area (Å²) in [5, 5.41) is 9.92. The summed E-state index contributed by atoms with van der Waals surface area (Å²) in [5.41, 5.74) is -1.06. The second kappa shape index (κ2) is 5.73. The van der Waals surface area contributed by atoms with E-state index < -0.39 is 29.1 Å². The van der Waals surface area contributed by atoms with Gasteiger partial charge in [0.1, 0.15) is 29.3 Å². The molecule has 106 valence electrons. The van der Waals surface area contributed by atoms with Crippen LogP contribution in [0.2, 0.25) is 5.02 Å². The molecule has 2 rings (SSSR count). The van der Waals surface area contributed by atoms with E-state index in [-0.39, 0.29) is 16.3 Å². The lowest BCUT2D eigenvalue weighted by atomic mass is 9.99. The van der Waals surface area contributed by atoms with Crippen LogP contribution in [0.5, 0.6) is 5.75 Å². The molecule has 20 heavy (non-hydrogen) atoms. The van der Waals surface area contributed by atoms with Crippen LogP contribution in [0, 0.1) is 17.5 Å². The highest BCUT2D eigenvalue weighted by Gasteiger charge is 2.25. The molecule has 0 heterocycles. The molecule has 0 aromatic heterocycles. The van der Waals surface area contributed by atoms with Crippen molar-refractivity contribution in [2.24, 2.45) is 0 Å². The summed E-state index contributed by atoms with van der Waals surface area (Å²) in [4.78, 5) is 0. The predicted octanol–water partition coefficient (Wildman–Crippen LogP) is 3.85. The molecule has 0 aliphatic heterocycles. The molecule has 2 aromatic rings. The van der Waals surface area contributed by atoms with Crippen LogP contribution in [0.4, 0.5) is 13.2 Å². The third kappa shape index (κ3) is 2.59. The minimum absolute atomic E-state index is 0.0458. The Morgan fingerprint density at radius 2 is 1.65 bits per heavy atom. The first kappa shape index (κ1) is 14.7. The Labute approximate surface area is 118 Å². The summed E-state index contributed by atoms with van der Waals surface area (Å²) in [6, 6.07) is 5.49. The maximum Gasteiger partial charge on any atom is 0.135 e. The van der Waals surface area contributed by atoms with Crippen molar-refractivity contribution >= 4 is 11.6 Å². The van der Waals surface area contributed by atoms with Gasteiger partial charge in [-0.3, -0.25) is 0 Å². The number of methoxy groups -OCH3 is 1. The molecule has 2 aromatic carbocycles. The van der Waals surface area contributed by atoms with Crippen molar-refractivity contribution in [3.63, 3.8) is 0 Å². The average Bonchev–Trinajstić information content (AvgIpc) is 2.37. The smallest absolute Gasteiger partial charge is 0.135 e. The van der Waals surface area contributed by atoms with Crippen LogP contribution in [0.15, 0.2) is 30.3 Å². The van der Waals surface area contributed by atoms with Crippen molar-refractivity contribution < 1.29 is 23.0 Å². The fourth-order valence-corrected chi connectivity index (χ4v) is 2.12. The number of benzene rings is 2. The third-order valence-electron chi connectivity index (χ3n) is 2.83. The van der Waals surface area contributed by atoms with Crippen LogP contribution < -0.4 is 4.74 Å². The van der Waals surface area contributed by atoms with E-state index in [9.17, 15) is 18.3 Å². The molecule has 0 aliphatic rings. The van der Waals surface area contributed by atoms with Gasteiger partial charge in [-0.15, -0.1) is 0 Å². The van der Waals surface area contributed by atoms with E-state index in [0.29, 0.717) is 0 Å². The summed E-state index contributed by atoms with van der Waals surface area (Å²) in [6.45, 7) is 0. The molecule has 0 fully saturated rings. The zero-order chi connectivity index (χ0) is 14.9. The minimum Gasteiger partial charge on any atom is -0.497 e. The first-order valence-electron chi connectivity index (χ1n) is 5.60. The SMILES string of the molecule is COc1cc(F)c(C(O)c2c(F)cccc2Cl)c(F)c1. The normalized spacial score (nSPS) is 12.3. The molecule has 0 aliphatic carbocycles. The van der Waals surface area contributed by atoms with Gasteiger partial charge in [0, 0.05) is 22.7 Å². The number of aliphatic hydroxyl groups is 1. The van der Waals surface area contributed by atoms with Crippen molar-refractivity contribution in [1.82, 2.24) is 0 Å². The van der Waals surface area contributed by atoms with Crippen LogP contribution in [0.25, 0.3) is 0 Å². The quantitative estimate of drug-likeness (QED) is 0.933. The summed E-state index contributed by atoms with van der Waals surface area (Å²) >= 11 is 5.77. The van der Waals surface area contributed by atoms with Gasteiger partial charge in [-0.25, -0.2) is 13.2 Å². The van der Waals surface area contributed by atoms with Crippen LogP contribution in [-0.4, -0.2) is 12.2 Å². The Bertz CT molecular complexity index is 603. The minimum atomic E-state index is -1.85. The van der Waals surface area contributed by atoms with E-state index in [1.807, 2.05) is 0 Å². The zero-order valence-corrected chi connectivity index (χ0v) is 11.1. The molecule has 0 bridgehead atoms. The van der Waals surface area contributed by atoms with E-state index in [1.165, 1.54) is 19.2 Å². The largest absolute Gasteiger partial charge is 0.497 e. The lowest BCUT2D eigenvalue weighted by molar-refractivity contribution is 0.203. The van der Waals surface area contributed by atoms with E-state index in [4.69, 9.17) is 16.3 Å². The van der Waals surface area contributed by atoms with E-state index in [1.54, 1.807) is 0 Å². The maximum atomic E-state index is 13.9. The summed E-state index contributed by atoms with van der Waals surface area (Å²) in [6.07, 6.45) is -1.85. The summed E-state index contributed by atoms with van der Waals surface area (Å²) < 4.78 is 46.1. The molecule has 0 amide bonds. The Balaban J connectivity index is 2.57. The zero-order valence-electron chi connectivity index (χ0n) is 10.3. The first-order valence-corrected chi connectivity index (χ1v) is 5.98. The Kier molecular flexibility index (Phi) is 4.20. The molecule has 6 heteroatoms. The maximum absolute atomic E-state index is 13.9. The monoisotopic (exact) mass is 302 g/mol. The van der Waals surface area contributed by atoms with Gasteiger partial charge in [-0.05, 0) is 12.1 Å². The second-order valence-corrected chi connectivity index (χ2v) is 4.45. The highest BCUT2D eigenvalue weighted by atomic mass is 35.5. The average molecular weight is 303 g/mol. The van der Waals surface area contributed by atoms with Gasteiger partial charge in [0.2, 0.25) is 0 Å². The molecule has 2 nitrogen and oxygen atoms in total. The van der Waals surface area contributed by atoms with Gasteiger partial charge < -0.3 is 9.84 Å². The molecule has 0 saturated carbocycles. The molecule has 0 saturated heterocycles. The number of hydrogen-bond acceptors (Lipinski definition) is 2. The number of ether oxygens (including phenoxy) is 1. The second-order valence-electron chi connectivity index (χ2n) is 4.04. The van der Waals surface area contributed by atoms with Gasteiger partial charge in [-0.2, -0.15) is 0 Å². The highest BCUT2D eigenvalue weighted by Crippen LogP contribution is 2.34. The van der Waals surface area contributed by atoms with E-state index in [0.717, 1.165) is 18.2 Å². The van der Waals surface area contributed by atoms with Gasteiger partial charge in [0.25, 0.3) is 0 Å². The molecular weight excluding hydrogens is 293 g/mol. The van der Waals surface area contributed by atoms with Gasteiger partial charge >= 0.3 is 0 Å².